The first-order chi connectivity index (χ1) is 7.13. The highest BCUT2D eigenvalue weighted by molar-refractivity contribution is 5.97. The van der Waals surface area contributed by atoms with Crippen LogP contribution in [0.5, 0.6) is 0 Å². The number of carbonyl (C=O) groups is 2. The van der Waals surface area contributed by atoms with Crippen molar-refractivity contribution in [3.05, 3.63) is 0 Å². The molecular formula is C12H18O3. The largest absolute Gasteiger partial charge is 0.465 e. The van der Waals surface area contributed by atoms with Gasteiger partial charge in [0.05, 0.1) is 6.61 Å². The van der Waals surface area contributed by atoms with E-state index in [0.29, 0.717) is 19.4 Å². The molecule has 0 aliphatic rings. The molecule has 0 bridgehead atoms. The SMILES string of the molecule is CCC#CCCC(C(C)=O)C(=O)OCC. The lowest BCUT2D eigenvalue weighted by Gasteiger charge is -2.10. The Hall–Kier alpha value is -1.30. The molecule has 0 rings (SSSR count). The van der Waals surface area contributed by atoms with Crippen LogP contribution in [0.15, 0.2) is 0 Å². The summed E-state index contributed by atoms with van der Waals surface area (Å²) in [5.74, 6) is 4.59. The van der Waals surface area contributed by atoms with Crippen LogP contribution < -0.4 is 0 Å². The predicted molar refractivity (Wildman–Crippen MR) is 58.1 cm³/mol. The van der Waals surface area contributed by atoms with Gasteiger partial charge in [-0.15, -0.1) is 11.8 Å². The highest BCUT2D eigenvalue weighted by Crippen LogP contribution is 2.09. The number of esters is 1. The first-order valence-corrected chi connectivity index (χ1v) is 5.26. The smallest absolute Gasteiger partial charge is 0.316 e. The van der Waals surface area contributed by atoms with Gasteiger partial charge >= 0.3 is 5.97 Å². The number of hydrogen-bond donors (Lipinski definition) is 0. The fraction of sp³-hybridized carbons (Fsp3) is 0.667. The van der Waals surface area contributed by atoms with Crippen molar-refractivity contribution < 1.29 is 14.3 Å². The van der Waals surface area contributed by atoms with Crippen molar-refractivity contribution in [1.29, 1.82) is 0 Å². The predicted octanol–water partition coefficient (Wildman–Crippen LogP) is 1.95. The summed E-state index contributed by atoms with van der Waals surface area (Å²) in [6, 6.07) is 0. The third kappa shape index (κ3) is 5.90. The monoisotopic (exact) mass is 210 g/mol. The number of hydrogen-bond acceptors (Lipinski definition) is 3. The minimum atomic E-state index is -0.642. The molecule has 0 aliphatic carbocycles. The maximum atomic E-state index is 11.4. The van der Waals surface area contributed by atoms with Gasteiger partial charge in [-0.05, 0) is 20.3 Å². The average molecular weight is 210 g/mol. The van der Waals surface area contributed by atoms with Gasteiger partial charge in [-0.3, -0.25) is 9.59 Å². The molecule has 3 nitrogen and oxygen atoms in total. The minimum absolute atomic E-state index is 0.147. The first-order valence-electron chi connectivity index (χ1n) is 5.26. The molecule has 15 heavy (non-hydrogen) atoms. The van der Waals surface area contributed by atoms with E-state index in [-0.39, 0.29) is 5.78 Å². The summed E-state index contributed by atoms with van der Waals surface area (Å²) in [4.78, 5) is 22.5. The normalized spacial score (nSPS) is 11.1. The van der Waals surface area contributed by atoms with E-state index in [9.17, 15) is 9.59 Å². The van der Waals surface area contributed by atoms with Crippen LogP contribution in [-0.2, 0) is 14.3 Å². The summed E-state index contributed by atoms with van der Waals surface area (Å²) in [5.41, 5.74) is 0. The van der Waals surface area contributed by atoms with Crippen molar-refractivity contribution in [1.82, 2.24) is 0 Å². The van der Waals surface area contributed by atoms with Gasteiger partial charge < -0.3 is 4.74 Å². The van der Waals surface area contributed by atoms with Gasteiger partial charge in [0.25, 0.3) is 0 Å². The molecular weight excluding hydrogens is 192 g/mol. The number of ether oxygens (including phenoxy) is 1. The molecule has 0 N–H and O–H groups in total. The highest BCUT2D eigenvalue weighted by Gasteiger charge is 2.23. The molecule has 1 unspecified atom stereocenters. The van der Waals surface area contributed by atoms with Gasteiger partial charge in [-0.1, -0.05) is 6.92 Å². The Labute approximate surface area is 91.2 Å². The topological polar surface area (TPSA) is 43.4 Å². The molecule has 0 aromatic rings. The van der Waals surface area contributed by atoms with Crippen LogP contribution in [0.2, 0.25) is 0 Å². The Bertz CT molecular complexity index is 270. The van der Waals surface area contributed by atoms with Crippen LogP contribution in [0.25, 0.3) is 0 Å². The summed E-state index contributed by atoms with van der Waals surface area (Å²) < 4.78 is 4.81. The molecule has 0 amide bonds. The third-order valence-electron chi connectivity index (χ3n) is 1.92. The second-order valence-electron chi connectivity index (χ2n) is 3.16. The molecule has 0 fully saturated rings. The Kier molecular flexibility index (Phi) is 7.35. The summed E-state index contributed by atoms with van der Waals surface area (Å²) in [7, 11) is 0. The molecule has 0 radical (unpaired) electrons. The zero-order valence-electron chi connectivity index (χ0n) is 9.63. The lowest BCUT2D eigenvalue weighted by atomic mass is 9.99. The second-order valence-corrected chi connectivity index (χ2v) is 3.16. The maximum absolute atomic E-state index is 11.4. The molecule has 0 saturated heterocycles. The molecule has 0 spiro atoms. The van der Waals surface area contributed by atoms with Crippen LogP contribution in [0.1, 0.15) is 40.0 Å². The van der Waals surface area contributed by atoms with E-state index in [0.717, 1.165) is 6.42 Å². The van der Waals surface area contributed by atoms with Crippen molar-refractivity contribution in [2.24, 2.45) is 5.92 Å². The molecule has 0 heterocycles. The molecule has 0 aromatic heterocycles. The van der Waals surface area contributed by atoms with Gasteiger partial charge in [0.2, 0.25) is 0 Å². The summed E-state index contributed by atoms with van der Waals surface area (Å²) in [5, 5.41) is 0. The first kappa shape index (κ1) is 13.7. The second kappa shape index (κ2) is 8.05. The molecule has 1 atom stereocenters. The van der Waals surface area contributed by atoms with E-state index in [4.69, 9.17) is 4.74 Å². The molecule has 0 aromatic carbocycles. The molecule has 3 heteroatoms. The van der Waals surface area contributed by atoms with Crippen LogP contribution in [0.3, 0.4) is 0 Å². The lowest BCUT2D eigenvalue weighted by molar-refractivity contribution is -0.151. The van der Waals surface area contributed by atoms with Crippen molar-refractivity contribution in [2.45, 2.75) is 40.0 Å². The Morgan fingerprint density at radius 3 is 2.40 bits per heavy atom. The van der Waals surface area contributed by atoms with Crippen LogP contribution >= 0.6 is 0 Å². The van der Waals surface area contributed by atoms with Gasteiger partial charge in [0.15, 0.2) is 0 Å². The number of ketones is 1. The number of rotatable bonds is 5. The van der Waals surface area contributed by atoms with E-state index in [1.165, 1.54) is 6.92 Å². The van der Waals surface area contributed by atoms with Gasteiger partial charge in [0.1, 0.15) is 11.7 Å². The molecule has 0 saturated carbocycles. The lowest BCUT2D eigenvalue weighted by Crippen LogP contribution is -2.24. The zero-order valence-corrected chi connectivity index (χ0v) is 9.63. The van der Waals surface area contributed by atoms with Crippen molar-refractivity contribution >= 4 is 11.8 Å². The van der Waals surface area contributed by atoms with Crippen molar-refractivity contribution in [2.75, 3.05) is 6.61 Å². The quantitative estimate of drug-likeness (QED) is 0.396. The number of Topliss-reactive ketones (excluding diaryl/α,β-unsaturated/α-hetero) is 1. The number of carbonyl (C=O) groups excluding carboxylic acids is 2. The fourth-order valence-electron chi connectivity index (χ4n) is 1.16. The van der Waals surface area contributed by atoms with Gasteiger partial charge in [-0.25, -0.2) is 0 Å². The van der Waals surface area contributed by atoms with E-state index >= 15 is 0 Å². The van der Waals surface area contributed by atoms with Crippen molar-refractivity contribution in [3.63, 3.8) is 0 Å². The fourth-order valence-corrected chi connectivity index (χ4v) is 1.16. The molecule has 84 valence electrons. The highest BCUT2D eigenvalue weighted by atomic mass is 16.5. The van der Waals surface area contributed by atoms with Crippen molar-refractivity contribution in [3.8, 4) is 11.8 Å². The van der Waals surface area contributed by atoms with E-state index in [2.05, 4.69) is 11.8 Å². The minimum Gasteiger partial charge on any atom is -0.465 e. The Balaban J connectivity index is 4.16. The summed E-state index contributed by atoms with van der Waals surface area (Å²) in [6.07, 6.45) is 1.82. The standard InChI is InChI=1S/C12H18O3/c1-4-6-7-8-9-11(10(3)13)12(14)15-5-2/h11H,4-5,8-9H2,1-3H3. The van der Waals surface area contributed by atoms with E-state index < -0.39 is 11.9 Å². The van der Waals surface area contributed by atoms with Gasteiger partial charge in [0, 0.05) is 12.8 Å². The van der Waals surface area contributed by atoms with E-state index in [1.807, 2.05) is 6.92 Å². The summed E-state index contributed by atoms with van der Waals surface area (Å²) in [6.45, 7) is 5.41. The average Bonchev–Trinajstić information content (AvgIpc) is 2.17. The van der Waals surface area contributed by atoms with Crippen LogP contribution in [-0.4, -0.2) is 18.4 Å². The zero-order chi connectivity index (χ0) is 11.7. The maximum Gasteiger partial charge on any atom is 0.316 e. The van der Waals surface area contributed by atoms with E-state index in [1.54, 1.807) is 6.92 Å². The summed E-state index contributed by atoms with van der Waals surface area (Å²) >= 11 is 0. The van der Waals surface area contributed by atoms with Crippen LogP contribution in [0, 0.1) is 17.8 Å². The Morgan fingerprint density at radius 1 is 1.27 bits per heavy atom. The third-order valence-corrected chi connectivity index (χ3v) is 1.92. The molecule has 0 aliphatic heterocycles. The van der Waals surface area contributed by atoms with Crippen LogP contribution in [0.4, 0.5) is 0 Å². The Morgan fingerprint density at radius 2 is 1.93 bits per heavy atom. The van der Waals surface area contributed by atoms with Gasteiger partial charge in [-0.2, -0.15) is 0 Å².